The van der Waals surface area contributed by atoms with Gasteiger partial charge in [0, 0.05) is 50.8 Å². The highest BCUT2D eigenvalue weighted by Crippen LogP contribution is 2.39. The van der Waals surface area contributed by atoms with Gasteiger partial charge in [-0.25, -0.2) is 0 Å². The lowest BCUT2D eigenvalue weighted by molar-refractivity contribution is -0.139. The lowest BCUT2D eigenvalue weighted by atomic mass is 9.73. The minimum absolute atomic E-state index is 0.0760. The number of likely N-dealkylation sites (tertiary alicyclic amines) is 2. The van der Waals surface area contributed by atoms with Crippen LogP contribution in [0.4, 0.5) is 0 Å². The maximum atomic E-state index is 13.0. The van der Waals surface area contributed by atoms with Gasteiger partial charge in [-0.3, -0.25) is 14.3 Å². The largest absolute Gasteiger partial charge is 0.342 e. The minimum atomic E-state index is 0.0760. The Morgan fingerprint density at radius 1 is 1.28 bits per heavy atom. The first-order valence-electron chi connectivity index (χ1n) is 9.67. The predicted molar refractivity (Wildman–Crippen MR) is 96.2 cm³/mol. The summed E-state index contributed by atoms with van der Waals surface area (Å²) in [5.74, 6) is 0.363. The second kappa shape index (κ2) is 7.58. The van der Waals surface area contributed by atoms with E-state index >= 15 is 0 Å². The van der Waals surface area contributed by atoms with Crippen molar-refractivity contribution in [1.29, 1.82) is 0 Å². The second-order valence-electron chi connectivity index (χ2n) is 7.53. The van der Waals surface area contributed by atoms with E-state index in [9.17, 15) is 9.59 Å². The number of rotatable bonds is 5. The van der Waals surface area contributed by atoms with Crippen LogP contribution in [0.2, 0.25) is 0 Å². The van der Waals surface area contributed by atoms with Gasteiger partial charge in [-0.1, -0.05) is 13.3 Å². The van der Waals surface area contributed by atoms with E-state index in [2.05, 4.69) is 12.0 Å². The van der Waals surface area contributed by atoms with Gasteiger partial charge in [0.1, 0.15) is 5.69 Å². The molecule has 3 rings (SSSR count). The van der Waals surface area contributed by atoms with E-state index in [0.717, 1.165) is 58.3 Å². The molecular weight excluding hydrogens is 316 g/mol. The highest BCUT2D eigenvalue weighted by molar-refractivity contribution is 5.92. The molecule has 2 aliphatic heterocycles. The summed E-state index contributed by atoms with van der Waals surface area (Å²) in [7, 11) is 0. The minimum Gasteiger partial charge on any atom is -0.342 e. The molecule has 2 amide bonds. The molecule has 25 heavy (non-hydrogen) atoms. The van der Waals surface area contributed by atoms with Crippen LogP contribution < -0.4 is 0 Å². The summed E-state index contributed by atoms with van der Waals surface area (Å²) in [6.45, 7) is 8.08. The van der Waals surface area contributed by atoms with Crippen LogP contribution in [0.3, 0.4) is 0 Å². The van der Waals surface area contributed by atoms with Gasteiger partial charge in [-0.05, 0) is 38.7 Å². The van der Waals surface area contributed by atoms with Crippen molar-refractivity contribution in [2.45, 2.75) is 58.9 Å². The zero-order valence-corrected chi connectivity index (χ0v) is 15.5. The summed E-state index contributed by atoms with van der Waals surface area (Å²) < 4.78 is 1.77. The van der Waals surface area contributed by atoms with Gasteiger partial charge in [0.15, 0.2) is 0 Å². The first-order chi connectivity index (χ1) is 12.1. The number of hydrogen-bond acceptors (Lipinski definition) is 3. The molecule has 0 aliphatic carbocycles. The molecule has 0 bridgehead atoms. The molecule has 1 aromatic rings. The monoisotopic (exact) mass is 346 g/mol. The fourth-order valence-corrected chi connectivity index (χ4v) is 4.30. The first-order valence-corrected chi connectivity index (χ1v) is 9.67. The van der Waals surface area contributed by atoms with E-state index in [-0.39, 0.29) is 17.2 Å². The number of piperidine rings is 2. The third-order valence-electron chi connectivity index (χ3n) is 5.71. The SMILES string of the molecule is CCCCN1C[C@@]2(CCCN(C(=O)c3ccnn3CC)C2)CCC1=O. The number of hydrogen-bond donors (Lipinski definition) is 0. The van der Waals surface area contributed by atoms with Crippen molar-refractivity contribution in [3.63, 3.8) is 0 Å². The number of carbonyl (C=O) groups excluding carboxylic acids is 2. The van der Waals surface area contributed by atoms with Gasteiger partial charge in [0.05, 0.1) is 0 Å². The van der Waals surface area contributed by atoms with E-state index < -0.39 is 0 Å². The average molecular weight is 346 g/mol. The predicted octanol–water partition coefficient (Wildman–Crippen LogP) is 2.55. The van der Waals surface area contributed by atoms with Crippen LogP contribution in [-0.4, -0.2) is 57.6 Å². The van der Waals surface area contributed by atoms with Crippen LogP contribution in [0.1, 0.15) is 62.9 Å². The molecule has 6 nitrogen and oxygen atoms in total. The molecule has 2 saturated heterocycles. The molecule has 1 spiro atoms. The smallest absolute Gasteiger partial charge is 0.272 e. The van der Waals surface area contributed by atoms with E-state index in [1.165, 1.54) is 0 Å². The van der Waals surface area contributed by atoms with E-state index in [4.69, 9.17) is 0 Å². The molecule has 138 valence electrons. The van der Waals surface area contributed by atoms with Gasteiger partial charge in [0.2, 0.25) is 5.91 Å². The molecule has 0 aromatic carbocycles. The Balaban J connectivity index is 1.71. The number of unbranched alkanes of at least 4 members (excludes halogenated alkanes) is 1. The molecule has 1 aromatic heterocycles. The second-order valence-corrected chi connectivity index (χ2v) is 7.53. The summed E-state index contributed by atoms with van der Waals surface area (Å²) in [5.41, 5.74) is 0.751. The molecule has 3 heterocycles. The van der Waals surface area contributed by atoms with Crippen LogP contribution in [0.15, 0.2) is 12.3 Å². The van der Waals surface area contributed by atoms with Crippen LogP contribution in [0.25, 0.3) is 0 Å². The normalized spacial score (nSPS) is 24.2. The van der Waals surface area contributed by atoms with Gasteiger partial charge >= 0.3 is 0 Å². The van der Waals surface area contributed by atoms with Crippen molar-refractivity contribution in [3.8, 4) is 0 Å². The summed E-state index contributed by atoms with van der Waals surface area (Å²) in [6, 6.07) is 1.81. The molecule has 1 atom stereocenters. The van der Waals surface area contributed by atoms with Crippen LogP contribution in [0.5, 0.6) is 0 Å². The zero-order chi connectivity index (χ0) is 17.9. The number of aromatic nitrogens is 2. The quantitative estimate of drug-likeness (QED) is 0.823. The Labute approximate surface area is 150 Å². The van der Waals surface area contributed by atoms with Crippen molar-refractivity contribution < 1.29 is 9.59 Å². The summed E-state index contributed by atoms with van der Waals surface area (Å²) >= 11 is 0. The fourth-order valence-electron chi connectivity index (χ4n) is 4.30. The molecule has 0 N–H and O–H groups in total. The van der Waals surface area contributed by atoms with Gasteiger partial charge in [-0.15, -0.1) is 0 Å². The molecule has 2 fully saturated rings. The summed E-state index contributed by atoms with van der Waals surface area (Å²) in [4.78, 5) is 29.2. The average Bonchev–Trinajstić information content (AvgIpc) is 3.11. The maximum absolute atomic E-state index is 13.0. The van der Waals surface area contributed by atoms with Crippen LogP contribution in [0, 0.1) is 5.41 Å². The molecule has 0 unspecified atom stereocenters. The third-order valence-corrected chi connectivity index (χ3v) is 5.71. The van der Waals surface area contributed by atoms with Crippen molar-refractivity contribution >= 4 is 11.8 Å². The highest BCUT2D eigenvalue weighted by Gasteiger charge is 2.42. The zero-order valence-electron chi connectivity index (χ0n) is 15.5. The Morgan fingerprint density at radius 3 is 2.88 bits per heavy atom. The van der Waals surface area contributed by atoms with Gasteiger partial charge < -0.3 is 9.80 Å². The maximum Gasteiger partial charge on any atom is 0.272 e. The Bertz CT molecular complexity index is 627. The van der Waals surface area contributed by atoms with Crippen molar-refractivity contribution in [2.75, 3.05) is 26.2 Å². The fraction of sp³-hybridized carbons (Fsp3) is 0.737. The number of amides is 2. The van der Waals surface area contributed by atoms with Crippen molar-refractivity contribution in [3.05, 3.63) is 18.0 Å². The Hall–Kier alpha value is -1.85. The van der Waals surface area contributed by atoms with Crippen molar-refractivity contribution in [1.82, 2.24) is 19.6 Å². The third kappa shape index (κ3) is 3.72. The molecular formula is C19H30N4O2. The number of nitrogens with zero attached hydrogens (tertiary/aromatic N) is 4. The van der Waals surface area contributed by atoms with Gasteiger partial charge in [-0.2, -0.15) is 5.10 Å². The summed E-state index contributed by atoms with van der Waals surface area (Å²) in [6.07, 6.45) is 7.51. The lowest BCUT2D eigenvalue weighted by Gasteiger charge is -2.48. The first kappa shape index (κ1) is 18.0. The van der Waals surface area contributed by atoms with Gasteiger partial charge in [0.25, 0.3) is 5.91 Å². The number of aryl methyl sites for hydroxylation is 1. The highest BCUT2D eigenvalue weighted by atomic mass is 16.2. The number of carbonyl (C=O) groups is 2. The van der Waals surface area contributed by atoms with E-state index in [1.54, 1.807) is 10.9 Å². The van der Waals surface area contributed by atoms with Crippen molar-refractivity contribution in [2.24, 2.45) is 5.41 Å². The van der Waals surface area contributed by atoms with Crippen LogP contribution >= 0.6 is 0 Å². The molecule has 0 radical (unpaired) electrons. The topological polar surface area (TPSA) is 58.4 Å². The Kier molecular flexibility index (Phi) is 5.45. The lowest BCUT2D eigenvalue weighted by Crippen LogP contribution is -2.55. The molecule has 6 heteroatoms. The van der Waals surface area contributed by atoms with E-state index in [0.29, 0.717) is 18.7 Å². The standard InChI is InChI=1S/C19H30N4O2/c1-3-5-12-21-14-19(10-7-17(21)24)9-6-13-22(15-19)18(25)16-8-11-20-23(16)4-2/h8,11H,3-7,9-10,12-15H2,1-2H3/t19-/m1/s1. The molecule has 0 saturated carbocycles. The summed E-state index contributed by atoms with van der Waals surface area (Å²) in [5, 5.41) is 4.23. The van der Waals surface area contributed by atoms with E-state index in [1.807, 2.05) is 22.8 Å². The molecule has 2 aliphatic rings. The Morgan fingerprint density at radius 2 is 2.12 bits per heavy atom. The van der Waals surface area contributed by atoms with Crippen LogP contribution in [-0.2, 0) is 11.3 Å².